The fraction of sp³-hybridized carbons (Fsp3) is 0.860. The molecule has 0 amide bonds. The van der Waals surface area contributed by atoms with Crippen LogP contribution in [0.3, 0.4) is 0 Å². The van der Waals surface area contributed by atoms with E-state index < -0.39 is 72.0 Å². The molecule has 8 aliphatic rings. The first-order valence-corrected chi connectivity index (χ1v) is 21.7. The van der Waals surface area contributed by atoms with Crippen molar-refractivity contribution in [3.05, 3.63) is 23.5 Å². The molecule has 0 aromatic rings. The summed E-state index contributed by atoms with van der Waals surface area (Å²) >= 11 is 0. The summed E-state index contributed by atoms with van der Waals surface area (Å²) in [4.78, 5) is 28.7. The first-order chi connectivity index (χ1) is 26.4. The van der Waals surface area contributed by atoms with E-state index in [2.05, 4.69) is 5.32 Å². The van der Waals surface area contributed by atoms with Gasteiger partial charge in [0.15, 0.2) is 12.1 Å². The summed E-state index contributed by atoms with van der Waals surface area (Å²) in [5.74, 6) is -2.95. The number of rotatable bonds is 9. The molecule has 2 aliphatic heterocycles. The molecule has 1 spiro atoms. The second-order valence-corrected chi connectivity index (χ2v) is 19.5. The molecule has 55 heavy (non-hydrogen) atoms. The fourth-order valence-corrected chi connectivity index (χ4v) is 13.5. The van der Waals surface area contributed by atoms with Crippen LogP contribution in [0.1, 0.15) is 116 Å². The van der Waals surface area contributed by atoms with Gasteiger partial charge in [-0.3, -0.25) is 9.59 Å². The van der Waals surface area contributed by atoms with Crippen LogP contribution in [0.5, 0.6) is 0 Å². The molecular weight excluding hydrogens is 704 g/mol. The molecule has 15 unspecified atom stereocenters. The smallest absolute Gasteiger partial charge is 0.187 e. The molecule has 0 bridgehead atoms. The maximum atomic E-state index is 14.4. The minimum absolute atomic E-state index is 0.0913. The van der Waals surface area contributed by atoms with Gasteiger partial charge >= 0.3 is 0 Å². The number of carbonyl (C=O) groups excluding carboxylic acids is 2. The maximum Gasteiger partial charge on any atom is 0.187 e. The standard InChI is InChI=1S/C43H66N2O10/c44-33-19-27(9-14-45-33)42(13-12-41(22-42)10-1-2-11-41)23-43(53)38(51)32(21-47)55-40(39(43)52)54-31-8-4-7-28-35(31)37(50)34-29(36(28)49)17-26(18-30(34)48)16-24-5-3-6-25(15-24)20-46/h17-18,24-25,27-29,31-35,38-40,45-48,51-53H,1-16,19-23,44H2. The Morgan fingerprint density at radius 2 is 1.65 bits per heavy atom. The number of aliphatic hydroxyl groups excluding tert-OH is 5. The Hall–Kier alpha value is -1.74. The molecule has 12 heteroatoms. The predicted molar refractivity (Wildman–Crippen MR) is 202 cm³/mol. The number of Topliss-reactive ketones (excluding diaryl/α,β-unsaturated/α-hetero) is 2. The number of fused-ring (bicyclic) bond motifs is 2. The van der Waals surface area contributed by atoms with Gasteiger partial charge in [-0.05, 0) is 130 Å². The van der Waals surface area contributed by atoms with Crippen molar-refractivity contribution in [1.29, 1.82) is 0 Å². The van der Waals surface area contributed by atoms with Crippen LogP contribution in [0.25, 0.3) is 0 Å². The lowest BCUT2D eigenvalue weighted by Crippen LogP contribution is -2.69. The van der Waals surface area contributed by atoms with Crippen molar-refractivity contribution in [3.63, 3.8) is 0 Å². The predicted octanol–water partition coefficient (Wildman–Crippen LogP) is 3.32. The third-order valence-corrected chi connectivity index (χ3v) is 16.2. The Kier molecular flexibility index (Phi) is 11.5. The number of piperidine rings is 1. The molecule has 9 N–H and O–H groups in total. The van der Waals surface area contributed by atoms with Gasteiger partial charge in [-0.15, -0.1) is 0 Å². The second kappa shape index (κ2) is 15.8. The molecule has 15 atom stereocenters. The highest BCUT2D eigenvalue weighted by atomic mass is 16.7. The van der Waals surface area contributed by atoms with Gasteiger partial charge in [-0.1, -0.05) is 38.2 Å². The van der Waals surface area contributed by atoms with Crippen molar-refractivity contribution >= 4 is 11.6 Å². The topological polar surface area (TPSA) is 212 Å². The Morgan fingerprint density at radius 1 is 0.891 bits per heavy atom. The van der Waals surface area contributed by atoms with Gasteiger partial charge in [-0.2, -0.15) is 0 Å². The molecule has 0 radical (unpaired) electrons. The third-order valence-electron chi connectivity index (χ3n) is 16.2. The molecule has 7 fully saturated rings. The van der Waals surface area contributed by atoms with Crippen LogP contribution in [0.15, 0.2) is 23.5 Å². The van der Waals surface area contributed by atoms with Gasteiger partial charge in [-0.25, -0.2) is 0 Å². The molecule has 0 aromatic carbocycles. The highest BCUT2D eigenvalue weighted by molar-refractivity contribution is 6.02. The fourth-order valence-electron chi connectivity index (χ4n) is 13.5. The first kappa shape index (κ1) is 40.1. The van der Waals surface area contributed by atoms with Crippen LogP contribution < -0.4 is 11.1 Å². The number of nitrogens with one attached hydrogen (secondary N) is 1. The Labute approximate surface area is 325 Å². The van der Waals surface area contributed by atoms with E-state index in [1.807, 2.05) is 6.08 Å². The zero-order chi connectivity index (χ0) is 38.7. The molecule has 0 aromatic heterocycles. The lowest BCUT2D eigenvalue weighted by atomic mass is 9.59. The first-order valence-electron chi connectivity index (χ1n) is 21.7. The van der Waals surface area contributed by atoms with E-state index in [1.165, 1.54) is 12.8 Å². The average Bonchev–Trinajstić information content (AvgIpc) is 3.80. The van der Waals surface area contributed by atoms with Crippen LogP contribution in [0, 0.1) is 52.3 Å². The van der Waals surface area contributed by atoms with Crippen molar-refractivity contribution in [2.75, 3.05) is 19.8 Å². The summed E-state index contributed by atoms with van der Waals surface area (Å²) in [6.45, 7) is 0.307. The van der Waals surface area contributed by atoms with Crippen LogP contribution in [0.4, 0.5) is 0 Å². The van der Waals surface area contributed by atoms with E-state index in [1.54, 1.807) is 6.08 Å². The highest BCUT2D eigenvalue weighted by Gasteiger charge is 2.63. The number of hydrogen-bond acceptors (Lipinski definition) is 12. The number of hydrogen-bond donors (Lipinski definition) is 8. The molecule has 308 valence electrons. The number of nitrogens with two attached hydrogens (primary N) is 1. The lowest BCUT2D eigenvalue weighted by Gasteiger charge is -2.54. The van der Waals surface area contributed by atoms with Crippen molar-refractivity contribution in [3.8, 4) is 0 Å². The molecule has 8 rings (SSSR count). The van der Waals surface area contributed by atoms with Crippen molar-refractivity contribution in [2.24, 2.45) is 58.0 Å². The van der Waals surface area contributed by atoms with Gasteiger partial charge in [0, 0.05) is 12.5 Å². The molecule has 12 nitrogen and oxygen atoms in total. The number of carbonyl (C=O) groups is 2. The van der Waals surface area contributed by atoms with Crippen molar-refractivity contribution in [2.45, 2.75) is 158 Å². The quantitative estimate of drug-likeness (QED) is 0.170. The summed E-state index contributed by atoms with van der Waals surface area (Å²) in [5.41, 5.74) is 5.00. The Morgan fingerprint density at radius 3 is 2.40 bits per heavy atom. The van der Waals surface area contributed by atoms with Gasteiger partial charge < -0.3 is 51.2 Å². The van der Waals surface area contributed by atoms with E-state index in [9.17, 15) is 40.2 Å². The van der Waals surface area contributed by atoms with Gasteiger partial charge in [0.2, 0.25) is 0 Å². The summed E-state index contributed by atoms with van der Waals surface area (Å²) in [5, 5.41) is 71.3. The van der Waals surface area contributed by atoms with E-state index in [0.717, 1.165) is 82.7 Å². The van der Waals surface area contributed by atoms with Crippen molar-refractivity contribution in [1.82, 2.24) is 5.32 Å². The number of ketones is 2. The monoisotopic (exact) mass is 770 g/mol. The molecule has 2 saturated heterocycles. The Bertz CT molecular complexity index is 1500. The molecular formula is C43H66N2O10. The zero-order valence-electron chi connectivity index (χ0n) is 32.4. The lowest BCUT2D eigenvalue weighted by molar-refractivity contribution is -0.350. The largest absolute Gasteiger partial charge is 0.512 e. The second-order valence-electron chi connectivity index (χ2n) is 19.5. The van der Waals surface area contributed by atoms with Crippen LogP contribution in [-0.2, 0) is 19.1 Å². The summed E-state index contributed by atoms with van der Waals surface area (Å²) in [6, 6.07) is 0. The van der Waals surface area contributed by atoms with E-state index in [4.69, 9.17) is 15.2 Å². The minimum atomic E-state index is -2.08. The van der Waals surface area contributed by atoms with Gasteiger partial charge in [0.05, 0.1) is 36.6 Å². The van der Waals surface area contributed by atoms with E-state index in [0.29, 0.717) is 31.6 Å². The number of allylic oxidation sites excluding steroid dienone is 4. The molecule has 6 aliphatic carbocycles. The number of ether oxygens (including phenoxy) is 2. The van der Waals surface area contributed by atoms with Gasteiger partial charge in [0.25, 0.3) is 0 Å². The average molecular weight is 771 g/mol. The summed E-state index contributed by atoms with van der Waals surface area (Å²) < 4.78 is 12.6. The zero-order valence-corrected chi connectivity index (χ0v) is 32.4. The highest BCUT2D eigenvalue weighted by Crippen LogP contribution is 2.64. The van der Waals surface area contributed by atoms with Crippen LogP contribution in [0.2, 0.25) is 0 Å². The molecule has 5 saturated carbocycles. The molecule has 2 heterocycles. The van der Waals surface area contributed by atoms with E-state index >= 15 is 0 Å². The summed E-state index contributed by atoms with van der Waals surface area (Å²) in [6.07, 6.45) is 11.8. The maximum absolute atomic E-state index is 14.4. The van der Waals surface area contributed by atoms with Gasteiger partial charge in [0.1, 0.15) is 35.5 Å². The Balaban J connectivity index is 1.02. The van der Waals surface area contributed by atoms with Crippen LogP contribution in [-0.4, -0.2) is 104 Å². The number of aliphatic hydroxyl groups is 6. The van der Waals surface area contributed by atoms with Crippen molar-refractivity contribution < 1.29 is 49.7 Å². The minimum Gasteiger partial charge on any atom is -0.512 e. The third kappa shape index (κ3) is 7.32. The summed E-state index contributed by atoms with van der Waals surface area (Å²) in [7, 11) is 0. The SMILES string of the molecule is NC1CC(C2(CC3(O)C(O)C(CO)OC(OC4CCCC5C(=O)C6C=C(CC7CCCC(CO)C7)C=C(O)C6C(=O)C45)C3O)CCC3(CCCC3)C2)CCN1. The normalized spacial score (nSPS) is 47.3. The van der Waals surface area contributed by atoms with Crippen LogP contribution >= 0.6 is 0 Å². The van der Waals surface area contributed by atoms with E-state index in [-0.39, 0.29) is 53.8 Å².